The van der Waals surface area contributed by atoms with Crippen molar-refractivity contribution in [3.63, 3.8) is 0 Å². The summed E-state index contributed by atoms with van der Waals surface area (Å²) >= 11 is 1.41. The van der Waals surface area contributed by atoms with Crippen LogP contribution in [0.3, 0.4) is 0 Å². The van der Waals surface area contributed by atoms with Gasteiger partial charge in [0, 0.05) is 19.4 Å². The first kappa shape index (κ1) is 15.4. The van der Waals surface area contributed by atoms with Gasteiger partial charge in [-0.05, 0) is 19.4 Å². The van der Waals surface area contributed by atoms with E-state index in [4.69, 9.17) is 0 Å². The van der Waals surface area contributed by atoms with E-state index in [2.05, 4.69) is 15.3 Å². The van der Waals surface area contributed by atoms with E-state index in [1.807, 2.05) is 62.0 Å². The summed E-state index contributed by atoms with van der Waals surface area (Å²) in [6.45, 7) is 3.76. The molecule has 1 N–H and O–H groups in total. The van der Waals surface area contributed by atoms with Crippen LogP contribution in [0.4, 0.5) is 0 Å². The standard InChI is InChI=1S/C17H18N4OS/c1-11-15(23-12(2)19-11)17(22)20-14(13-7-5-4-6-8-13)16-18-9-10-21(16)3/h4-10,14H,1-3H3,(H,20,22)/t14-/m0/s1. The van der Waals surface area contributed by atoms with E-state index in [0.29, 0.717) is 4.88 Å². The molecule has 2 aromatic heterocycles. The van der Waals surface area contributed by atoms with E-state index in [9.17, 15) is 4.79 Å². The fourth-order valence-electron chi connectivity index (χ4n) is 2.54. The highest BCUT2D eigenvalue weighted by Gasteiger charge is 2.23. The van der Waals surface area contributed by atoms with E-state index in [0.717, 1.165) is 22.1 Å². The lowest BCUT2D eigenvalue weighted by molar-refractivity contribution is 0.0944. The average molecular weight is 326 g/mol. The number of hydrogen-bond acceptors (Lipinski definition) is 4. The van der Waals surface area contributed by atoms with Gasteiger partial charge in [-0.25, -0.2) is 9.97 Å². The summed E-state index contributed by atoms with van der Waals surface area (Å²) in [5.74, 6) is 0.674. The Hall–Kier alpha value is -2.47. The fraction of sp³-hybridized carbons (Fsp3) is 0.235. The zero-order valence-electron chi connectivity index (χ0n) is 13.3. The van der Waals surface area contributed by atoms with Crippen molar-refractivity contribution in [1.82, 2.24) is 19.9 Å². The molecule has 0 unspecified atom stereocenters. The molecule has 0 saturated carbocycles. The molecule has 6 heteroatoms. The van der Waals surface area contributed by atoms with Crippen molar-refractivity contribution in [2.24, 2.45) is 7.05 Å². The van der Waals surface area contributed by atoms with Gasteiger partial charge in [0.25, 0.3) is 5.91 Å². The highest BCUT2D eigenvalue weighted by atomic mass is 32.1. The van der Waals surface area contributed by atoms with Crippen molar-refractivity contribution < 1.29 is 4.79 Å². The average Bonchev–Trinajstić information content (AvgIpc) is 3.11. The van der Waals surface area contributed by atoms with Gasteiger partial charge >= 0.3 is 0 Å². The summed E-state index contributed by atoms with van der Waals surface area (Å²) in [7, 11) is 1.92. The lowest BCUT2D eigenvalue weighted by atomic mass is 10.1. The number of aryl methyl sites for hydroxylation is 3. The van der Waals surface area contributed by atoms with Gasteiger partial charge in [-0.15, -0.1) is 11.3 Å². The van der Waals surface area contributed by atoms with Crippen LogP contribution in [0.1, 0.15) is 37.8 Å². The molecule has 0 aliphatic rings. The van der Waals surface area contributed by atoms with Crippen LogP contribution in [0, 0.1) is 13.8 Å². The van der Waals surface area contributed by atoms with Crippen LogP contribution < -0.4 is 5.32 Å². The van der Waals surface area contributed by atoms with Crippen LogP contribution >= 0.6 is 11.3 Å². The molecule has 0 radical (unpaired) electrons. The topological polar surface area (TPSA) is 59.8 Å². The van der Waals surface area contributed by atoms with Gasteiger partial charge < -0.3 is 9.88 Å². The van der Waals surface area contributed by atoms with Gasteiger partial charge in [-0.3, -0.25) is 4.79 Å². The largest absolute Gasteiger partial charge is 0.337 e. The minimum absolute atomic E-state index is 0.120. The van der Waals surface area contributed by atoms with E-state index < -0.39 is 0 Å². The molecule has 2 heterocycles. The Kier molecular flexibility index (Phi) is 4.25. The lowest BCUT2D eigenvalue weighted by Crippen LogP contribution is -2.31. The number of nitrogens with zero attached hydrogens (tertiary/aromatic N) is 3. The van der Waals surface area contributed by atoms with E-state index in [1.54, 1.807) is 6.20 Å². The number of imidazole rings is 1. The molecule has 0 fully saturated rings. The molecule has 1 atom stereocenters. The summed E-state index contributed by atoms with van der Waals surface area (Å²) in [6, 6.07) is 9.55. The zero-order chi connectivity index (χ0) is 16.4. The highest BCUT2D eigenvalue weighted by Crippen LogP contribution is 2.23. The summed E-state index contributed by atoms with van der Waals surface area (Å²) in [5.41, 5.74) is 1.76. The maximum absolute atomic E-state index is 12.7. The summed E-state index contributed by atoms with van der Waals surface area (Å²) < 4.78 is 1.92. The Labute approximate surface area is 139 Å². The molecular weight excluding hydrogens is 308 g/mol. The molecule has 1 aromatic carbocycles. The van der Waals surface area contributed by atoms with Crippen LogP contribution in [-0.2, 0) is 7.05 Å². The first-order valence-corrected chi connectivity index (χ1v) is 8.15. The highest BCUT2D eigenvalue weighted by molar-refractivity contribution is 7.13. The molecule has 1 amide bonds. The normalized spacial score (nSPS) is 12.1. The van der Waals surface area contributed by atoms with Crippen LogP contribution in [0.25, 0.3) is 0 Å². The number of aromatic nitrogens is 3. The maximum atomic E-state index is 12.7. The van der Waals surface area contributed by atoms with E-state index in [-0.39, 0.29) is 11.9 Å². The number of benzene rings is 1. The maximum Gasteiger partial charge on any atom is 0.264 e. The van der Waals surface area contributed by atoms with Crippen molar-refractivity contribution in [3.05, 3.63) is 69.7 Å². The smallest absolute Gasteiger partial charge is 0.264 e. The third-order valence-electron chi connectivity index (χ3n) is 3.63. The Morgan fingerprint density at radius 1 is 1.26 bits per heavy atom. The summed E-state index contributed by atoms with van der Waals surface area (Å²) in [5, 5.41) is 3.98. The van der Waals surface area contributed by atoms with Gasteiger partial charge in [0.2, 0.25) is 0 Å². The molecule has 0 aliphatic carbocycles. The van der Waals surface area contributed by atoms with Crippen LogP contribution in [-0.4, -0.2) is 20.4 Å². The van der Waals surface area contributed by atoms with Gasteiger partial charge in [0.05, 0.1) is 10.7 Å². The minimum atomic E-state index is -0.300. The van der Waals surface area contributed by atoms with Gasteiger partial charge in [-0.1, -0.05) is 30.3 Å². The number of carbonyl (C=O) groups is 1. The van der Waals surface area contributed by atoms with Gasteiger partial charge in [0.15, 0.2) is 0 Å². The third kappa shape index (κ3) is 3.17. The molecule has 118 valence electrons. The van der Waals surface area contributed by atoms with Crippen molar-refractivity contribution in [3.8, 4) is 0 Å². The Bertz CT molecular complexity index is 822. The predicted octanol–water partition coefficient (Wildman–Crippen LogP) is 3.01. The fourth-order valence-corrected chi connectivity index (χ4v) is 3.36. The molecule has 0 spiro atoms. The number of thiazole rings is 1. The number of amides is 1. The lowest BCUT2D eigenvalue weighted by Gasteiger charge is -2.19. The quantitative estimate of drug-likeness (QED) is 0.802. The predicted molar refractivity (Wildman–Crippen MR) is 90.5 cm³/mol. The van der Waals surface area contributed by atoms with Crippen LogP contribution in [0.5, 0.6) is 0 Å². The number of rotatable bonds is 4. The van der Waals surface area contributed by atoms with Gasteiger partial charge in [0.1, 0.15) is 16.7 Å². The molecule has 0 bridgehead atoms. The first-order chi connectivity index (χ1) is 11.1. The van der Waals surface area contributed by atoms with E-state index in [1.165, 1.54) is 11.3 Å². The monoisotopic (exact) mass is 326 g/mol. The molecule has 3 rings (SSSR count). The van der Waals surface area contributed by atoms with Gasteiger partial charge in [-0.2, -0.15) is 0 Å². The zero-order valence-corrected chi connectivity index (χ0v) is 14.1. The Morgan fingerprint density at radius 2 is 2.00 bits per heavy atom. The van der Waals surface area contributed by atoms with Crippen molar-refractivity contribution in [2.45, 2.75) is 19.9 Å². The van der Waals surface area contributed by atoms with Crippen molar-refractivity contribution in [1.29, 1.82) is 0 Å². The second kappa shape index (κ2) is 6.34. The molecule has 3 aromatic rings. The second-order valence-corrected chi connectivity index (χ2v) is 6.56. The molecule has 0 saturated heterocycles. The SMILES string of the molecule is Cc1nc(C)c(C(=O)N[C@@H](c2ccccc2)c2nccn2C)s1. The number of hydrogen-bond donors (Lipinski definition) is 1. The van der Waals surface area contributed by atoms with Crippen molar-refractivity contribution >= 4 is 17.2 Å². The number of carbonyl (C=O) groups excluding carboxylic acids is 1. The summed E-state index contributed by atoms with van der Waals surface area (Å²) in [6.07, 6.45) is 3.61. The molecule has 5 nitrogen and oxygen atoms in total. The summed E-state index contributed by atoms with van der Waals surface area (Å²) in [4.78, 5) is 22.1. The van der Waals surface area contributed by atoms with Crippen LogP contribution in [0.2, 0.25) is 0 Å². The molecule has 23 heavy (non-hydrogen) atoms. The first-order valence-electron chi connectivity index (χ1n) is 7.33. The second-order valence-electron chi connectivity index (χ2n) is 5.36. The molecular formula is C17H18N4OS. The Morgan fingerprint density at radius 3 is 2.57 bits per heavy atom. The molecule has 0 aliphatic heterocycles. The Balaban J connectivity index is 1.95. The van der Waals surface area contributed by atoms with Crippen LogP contribution in [0.15, 0.2) is 42.7 Å². The van der Waals surface area contributed by atoms with E-state index >= 15 is 0 Å². The van der Waals surface area contributed by atoms with Crippen molar-refractivity contribution in [2.75, 3.05) is 0 Å². The number of nitrogens with one attached hydrogen (secondary N) is 1. The third-order valence-corrected chi connectivity index (χ3v) is 4.71. The minimum Gasteiger partial charge on any atom is -0.337 e.